The Morgan fingerprint density at radius 1 is 0.743 bits per heavy atom. The average molecular weight is 503 g/mol. The number of amides is 3. The number of thiol groups is 1. The SMILES string of the molecule is NC(CO)C(=O)NC(Cc1ccccc1)C(=O)NC(CS)C(=O)NC(Cc1ccccc1)C(=O)O. The molecule has 2 aromatic rings. The van der Waals surface area contributed by atoms with Gasteiger partial charge in [0.15, 0.2) is 0 Å². The second-order valence-corrected chi connectivity index (χ2v) is 8.24. The van der Waals surface area contributed by atoms with Crippen molar-refractivity contribution >= 4 is 36.3 Å². The number of carboxylic acids is 1. The lowest BCUT2D eigenvalue weighted by molar-refractivity contribution is -0.142. The van der Waals surface area contributed by atoms with Gasteiger partial charge in [0.1, 0.15) is 24.2 Å². The number of nitrogens with one attached hydrogen (secondary N) is 3. The highest BCUT2D eigenvalue weighted by atomic mass is 32.1. The van der Waals surface area contributed by atoms with Gasteiger partial charge in [-0.3, -0.25) is 14.4 Å². The van der Waals surface area contributed by atoms with Gasteiger partial charge in [0, 0.05) is 18.6 Å². The molecule has 4 atom stereocenters. The van der Waals surface area contributed by atoms with Crippen LogP contribution in [0.2, 0.25) is 0 Å². The second-order valence-electron chi connectivity index (χ2n) is 7.87. The maximum absolute atomic E-state index is 13.0. The number of hydrogen-bond acceptors (Lipinski definition) is 7. The lowest BCUT2D eigenvalue weighted by Gasteiger charge is -2.24. The highest BCUT2D eigenvalue weighted by molar-refractivity contribution is 7.80. The average Bonchev–Trinajstić information content (AvgIpc) is 2.86. The zero-order valence-corrected chi connectivity index (χ0v) is 19.9. The molecular formula is C24H30N4O6S. The number of aliphatic hydroxyl groups excluding tert-OH is 1. The third-order valence-corrected chi connectivity index (χ3v) is 5.53. The summed E-state index contributed by atoms with van der Waals surface area (Å²) >= 11 is 4.12. The molecule has 7 N–H and O–H groups in total. The zero-order chi connectivity index (χ0) is 25.8. The number of nitrogens with two attached hydrogens (primary N) is 1. The summed E-state index contributed by atoms with van der Waals surface area (Å²) in [6, 6.07) is 13.0. The van der Waals surface area contributed by atoms with E-state index in [4.69, 9.17) is 10.8 Å². The van der Waals surface area contributed by atoms with Gasteiger partial charge >= 0.3 is 5.97 Å². The van der Waals surface area contributed by atoms with Crippen LogP contribution in [0.3, 0.4) is 0 Å². The summed E-state index contributed by atoms with van der Waals surface area (Å²) in [6.07, 6.45) is 0.157. The first-order chi connectivity index (χ1) is 16.7. The summed E-state index contributed by atoms with van der Waals surface area (Å²) in [4.78, 5) is 49.7. The van der Waals surface area contributed by atoms with Gasteiger partial charge in [-0.25, -0.2) is 4.79 Å². The summed E-state index contributed by atoms with van der Waals surface area (Å²) in [7, 11) is 0. The van der Waals surface area contributed by atoms with Gasteiger partial charge in [0.2, 0.25) is 17.7 Å². The number of aliphatic hydroxyl groups is 1. The van der Waals surface area contributed by atoms with Crippen molar-refractivity contribution in [3.8, 4) is 0 Å². The Bertz CT molecular complexity index is 992. The normalized spacial score (nSPS) is 14.1. The van der Waals surface area contributed by atoms with Crippen LogP contribution in [0.25, 0.3) is 0 Å². The number of benzene rings is 2. The van der Waals surface area contributed by atoms with Crippen LogP contribution in [0.5, 0.6) is 0 Å². The minimum atomic E-state index is -1.22. The van der Waals surface area contributed by atoms with E-state index in [1.807, 2.05) is 0 Å². The monoisotopic (exact) mass is 502 g/mol. The Kier molecular flexibility index (Phi) is 11.2. The van der Waals surface area contributed by atoms with Crippen molar-refractivity contribution in [2.45, 2.75) is 37.0 Å². The van der Waals surface area contributed by atoms with Crippen molar-refractivity contribution < 1.29 is 29.4 Å². The molecule has 11 heteroatoms. The van der Waals surface area contributed by atoms with Crippen molar-refractivity contribution in [1.29, 1.82) is 0 Å². The van der Waals surface area contributed by atoms with Crippen LogP contribution in [0.15, 0.2) is 60.7 Å². The van der Waals surface area contributed by atoms with E-state index in [0.29, 0.717) is 0 Å². The van der Waals surface area contributed by atoms with E-state index >= 15 is 0 Å². The predicted octanol–water partition coefficient (Wildman–Crippen LogP) is -0.740. The Morgan fingerprint density at radius 3 is 1.63 bits per heavy atom. The van der Waals surface area contributed by atoms with Gasteiger partial charge in [-0.1, -0.05) is 60.7 Å². The molecule has 35 heavy (non-hydrogen) atoms. The summed E-state index contributed by atoms with van der Waals surface area (Å²) < 4.78 is 0. The quantitative estimate of drug-likeness (QED) is 0.177. The lowest BCUT2D eigenvalue weighted by atomic mass is 10.0. The summed E-state index contributed by atoms with van der Waals surface area (Å²) in [5.74, 6) is -3.48. The maximum Gasteiger partial charge on any atom is 0.326 e. The first kappa shape index (κ1) is 27.8. The van der Waals surface area contributed by atoms with E-state index in [-0.39, 0.29) is 18.6 Å². The molecule has 4 unspecified atom stereocenters. The molecule has 0 bridgehead atoms. The molecule has 0 radical (unpaired) electrons. The van der Waals surface area contributed by atoms with Crippen molar-refractivity contribution in [2.75, 3.05) is 12.4 Å². The molecule has 3 amide bonds. The first-order valence-electron chi connectivity index (χ1n) is 10.9. The van der Waals surface area contributed by atoms with Gasteiger partial charge in [-0.2, -0.15) is 12.6 Å². The van der Waals surface area contributed by atoms with Gasteiger partial charge in [0.25, 0.3) is 0 Å². The van der Waals surface area contributed by atoms with E-state index in [0.717, 1.165) is 11.1 Å². The van der Waals surface area contributed by atoms with E-state index in [1.165, 1.54) is 0 Å². The largest absolute Gasteiger partial charge is 0.480 e. The number of hydrogen-bond donors (Lipinski definition) is 7. The molecule has 2 aromatic carbocycles. The van der Waals surface area contributed by atoms with Gasteiger partial charge in [0.05, 0.1) is 6.61 Å². The topological polar surface area (TPSA) is 171 Å². The predicted molar refractivity (Wildman–Crippen MR) is 133 cm³/mol. The maximum atomic E-state index is 13.0. The molecule has 0 saturated heterocycles. The fourth-order valence-electron chi connectivity index (χ4n) is 3.21. The third-order valence-electron chi connectivity index (χ3n) is 5.16. The smallest absolute Gasteiger partial charge is 0.326 e. The molecule has 0 aliphatic rings. The first-order valence-corrected chi connectivity index (χ1v) is 11.6. The zero-order valence-electron chi connectivity index (χ0n) is 19.0. The fraction of sp³-hybridized carbons (Fsp3) is 0.333. The van der Waals surface area contributed by atoms with Crippen LogP contribution in [0.1, 0.15) is 11.1 Å². The van der Waals surface area contributed by atoms with E-state index in [2.05, 4.69) is 28.6 Å². The molecule has 188 valence electrons. The van der Waals surface area contributed by atoms with Crippen molar-refractivity contribution in [1.82, 2.24) is 16.0 Å². The van der Waals surface area contributed by atoms with Crippen LogP contribution in [-0.2, 0) is 32.0 Å². The number of aliphatic carboxylic acids is 1. The number of carbonyl (C=O) groups excluding carboxylic acids is 3. The van der Waals surface area contributed by atoms with Crippen LogP contribution < -0.4 is 21.7 Å². The highest BCUT2D eigenvalue weighted by Gasteiger charge is 2.30. The molecule has 0 heterocycles. The van der Waals surface area contributed by atoms with Crippen molar-refractivity contribution in [2.24, 2.45) is 5.73 Å². The second kappa shape index (κ2) is 14.1. The van der Waals surface area contributed by atoms with Crippen molar-refractivity contribution in [3.63, 3.8) is 0 Å². The molecular weight excluding hydrogens is 472 g/mol. The molecule has 0 aliphatic carbocycles. The van der Waals surface area contributed by atoms with Crippen LogP contribution in [0.4, 0.5) is 0 Å². The van der Waals surface area contributed by atoms with Crippen LogP contribution in [0, 0.1) is 0 Å². The summed E-state index contributed by atoms with van der Waals surface area (Å²) in [5, 5.41) is 26.1. The third kappa shape index (κ3) is 9.04. The minimum absolute atomic E-state index is 0.0564. The number of carboxylic acid groups (broad SMARTS) is 1. The fourth-order valence-corrected chi connectivity index (χ4v) is 3.47. The Morgan fingerprint density at radius 2 is 1.17 bits per heavy atom. The molecule has 2 rings (SSSR count). The molecule has 0 saturated carbocycles. The molecule has 0 spiro atoms. The minimum Gasteiger partial charge on any atom is -0.480 e. The van der Waals surface area contributed by atoms with Gasteiger partial charge in [-0.05, 0) is 11.1 Å². The number of rotatable bonds is 13. The summed E-state index contributed by atoms with van der Waals surface area (Å²) in [5.41, 5.74) is 7.02. The lowest BCUT2D eigenvalue weighted by Crippen LogP contribution is -2.58. The van der Waals surface area contributed by atoms with Gasteiger partial charge < -0.3 is 31.9 Å². The van der Waals surface area contributed by atoms with E-state index in [9.17, 15) is 24.3 Å². The molecule has 0 aliphatic heterocycles. The molecule has 0 fully saturated rings. The van der Waals surface area contributed by atoms with Crippen LogP contribution >= 0.6 is 12.6 Å². The van der Waals surface area contributed by atoms with Gasteiger partial charge in [-0.15, -0.1) is 0 Å². The summed E-state index contributed by atoms with van der Waals surface area (Å²) in [6.45, 7) is -0.606. The Labute approximate surface area is 208 Å². The van der Waals surface area contributed by atoms with E-state index in [1.54, 1.807) is 60.7 Å². The van der Waals surface area contributed by atoms with Crippen LogP contribution in [-0.4, -0.2) is 70.4 Å². The van der Waals surface area contributed by atoms with E-state index < -0.39 is 54.5 Å². The number of carbonyl (C=O) groups is 4. The molecule has 0 aromatic heterocycles. The highest BCUT2D eigenvalue weighted by Crippen LogP contribution is 2.06. The molecule has 10 nitrogen and oxygen atoms in total. The Hall–Kier alpha value is -3.41. The van der Waals surface area contributed by atoms with Crippen molar-refractivity contribution in [3.05, 3.63) is 71.8 Å². The standard InChI is InChI=1S/C24H30N4O6S/c25-17(13-29)21(30)26-18(11-15-7-3-1-4-8-15)22(31)28-20(14-35)23(32)27-19(24(33)34)12-16-9-5-2-6-10-16/h1-10,17-20,29,35H,11-14,25H2,(H,26,30)(H,27,32)(H,28,31)(H,33,34). The Balaban J connectivity index is 2.11.